The Hall–Kier alpha value is -1.23. The summed E-state index contributed by atoms with van der Waals surface area (Å²) >= 11 is 1.75. The normalized spacial score (nSPS) is 26.9. The monoisotopic (exact) mass is 301 g/mol. The van der Waals surface area contributed by atoms with Gasteiger partial charge in [-0.1, -0.05) is 37.3 Å². The first-order valence-corrected chi connectivity index (χ1v) is 8.51. The van der Waals surface area contributed by atoms with Crippen molar-refractivity contribution >= 4 is 11.3 Å². The second kappa shape index (κ2) is 6.26. The molecule has 112 valence electrons. The molecule has 0 bridgehead atoms. The van der Waals surface area contributed by atoms with Gasteiger partial charge >= 0.3 is 0 Å². The fraction of sp³-hybridized carbons (Fsp3) is 0.471. The molecular formula is C17H23N3S. The minimum absolute atomic E-state index is 0.205. The van der Waals surface area contributed by atoms with E-state index in [1.807, 2.05) is 6.20 Å². The number of aromatic nitrogens is 1. The lowest BCUT2D eigenvalue weighted by Crippen LogP contribution is -2.59. The molecule has 1 aliphatic rings. The number of hydrogen-bond acceptors (Lipinski definition) is 4. The van der Waals surface area contributed by atoms with Crippen molar-refractivity contribution < 1.29 is 0 Å². The zero-order valence-electron chi connectivity index (χ0n) is 12.7. The Balaban J connectivity index is 1.79. The summed E-state index contributed by atoms with van der Waals surface area (Å²) in [5.74, 6) is 0. The first-order chi connectivity index (χ1) is 10.2. The van der Waals surface area contributed by atoms with Gasteiger partial charge in [0, 0.05) is 36.2 Å². The van der Waals surface area contributed by atoms with Crippen molar-refractivity contribution in [2.75, 3.05) is 13.1 Å². The quantitative estimate of drug-likeness (QED) is 0.937. The lowest BCUT2D eigenvalue weighted by molar-refractivity contribution is 0.0412. The maximum Gasteiger partial charge on any atom is 0.107 e. The van der Waals surface area contributed by atoms with Crippen molar-refractivity contribution in [2.24, 2.45) is 0 Å². The molecule has 0 saturated carbocycles. The molecule has 21 heavy (non-hydrogen) atoms. The van der Waals surface area contributed by atoms with Gasteiger partial charge in [-0.2, -0.15) is 0 Å². The molecular weight excluding hydrogens is 278 g/mol. The Labute approximate surface area is 131 Å². The second-order valence-electron chi connectivity index (χ2n) is 6.00. The van der Waals surface area contributed by atoms with Gasteiger partial charge in [0.25, 0.3) is 0 Å². The zero-order chi connectivity index (χ0) is 14.7. The number of hydrogen-bond donors (Lipinski definition) is 1. The summed E-state index contributed by atoms with van der Waals surface area (Å²) in [6, 6.07) is 11.2. The molecule has 0 spiro atoms. The van der Waals surface area contributed by atoms with Crippen LogP contribution < -0.4 is 5.32 Å². The lowest BCUT2D eigenvalue weighted by Gasteiger charge is -2.47. The molecule has 3 rings (SSSR count). The SMILES string of the molecule is CCC1(C)CNC(c2ccccc2)CN1Cc1nccs1. The molecule has 0 aliphatic carbocycles. The molecule has 1 aromatic heterocycles. The fourth-order valence-corrected chi connectivity index (χ4v) is 3.60. The molecule has 2 aromatic rings. The average molecular weight is 301 g/mol. The molecule has 3 nitrogen and oxygen atoms in total. The highest BCUT2D eigenvalue weighted by Crippen LogP contribution is 2.30. The molecule has 0 amide bonds. The number of thiazole rings is 1. The van der Waals surface area contributed by atoms with Crippen LogP contribution in [0.4, 0.5) is 0 Å². The molecule has 1 N–H and O–H groups in total. The van der Waals surface area contributed by atoms with Crippen molar-refractivity contribution in [1.29, 1.82) is 0 Å². The van der Waals surface area contributed by atoms with E-state index in [1.54, 1.807) is 11.3 Å². The molecule has 0 radical (unpaired) electrons. The predicted octanol–water partition coefficient (Wildman–Crippen LogP) is 3.46. The van der Waals surface area contributed by atoms with Crippen LogP contribution in [0.5, 0.6) is 0 Å². The number of benzene rings is 1. The maximum absolute atomic E-state index is 4.46. The summed E-state index contributed by atoms with van der Waals surface area (Å²) < 4.78 is 0. The third-order valence-corrected chi connectivity index (χ3v) is 5.43. The summed E-state index contributed by atoms with van der Waals surface area (Å²) in [6.45, 7) is 7.64. The van der Waals surface area contributed by atoms with Crippen LogP contribution in [0.2, 0.25) is 0 Å². The van der Waals surface area contributed by atoms with Crippen molar-refractivity contribution in [2.45, 2.75) is 38.4 Å². The fourth-order valence-electron chi connectivity index (χ4n) is 2.97. The van der Waals surface area contributed by atoms with E-state index >= 15 is 0 Å². The highest BCUT2D eigenvalue weighted by atomic mass is 32.1. The van der Waals surface area contributed by atoms with E-state index in [0.29, 0.717) is 6.04 Å². The van der Waals surface area contributed by atoms with Crippen LogP contribution in [0.15, 0.2) is 41.9 Å². The Bertz CT molecular complexity index is 555. The van der Waals surface area contributed by atoms with Gasteiger partial charge in [-0.3, -0.25) is 4.90 Å². The van der Waals surface area contributed by atoms with Crippen LogP contribution >= 0.6 is 11.3 Å². The third-order valence-electron chi connectivity index (χ3n) is 4.67. The van der Waals surface area contributed by atoms with Crippen LogP contribution in [0.1, 0.15) is 36.9 Å². The van der Waals surface area contributed by atoms with E-state index in [-0.39, 0.29) is 5.54 Å². The van der Waals surface area contributed by atoms with Crippen molar-refractivity contribution in [3.05, 3.63) is 52.5 Å². The van der Waals surface area contributed by atoms with Crippen molar-refractivity contribution in [3.8, 4) is 0 Å². The molecule has 2 atom stereocenters. The van der Waals surface area contributed by atoms with Gasteiger partial charge in [0.2, 0.25) is 0 Å². The van der Waals surface area contributed by atoms with E-state index in [4.69, 9.17) is 0 Å². The van der Waals surface area contributed by atoms with E-state index in [2.05, 4.69) is 64.8 Å². The first-order valence-electron chi connectivity index (χ1n) is 7.63. The van der Waals surface area contributed by atoms with Crippen LogP contribution in [-0.4, -0.2) is 28.5 Å². The average Bonchev–Trinajstić information content (AvgIpc) is 3.03. The highest BCUT2D eigenvalue weighted by molar-refractivity contribution is 7.09. The van der Waals surface area contributed by atoms with Gasteiger partial charge in [0.15, 0.2) is 0 Å². The third kappa shape index (κ3) is 3.18. The van der Waals surface area contributed by atoms with E-state index < -0.39 is 0 Å². The van der Waals surface area contributed by atoms with Gasteiger partial charge in [0.1, 0.15) is 5.01 Å². The standard InChI is InChI=1S/C17H23N3S/c1-3-17(2)13-19-15(14-7-5-4-6-8-14)11-20(17)12-16-18-9-10-21-16/h4-10,15,19H,3,11-13H2,1-2H3. The van der Waals surface area contributed by atoms with Gasteiger partial charge in [-0.15, -0.1) is 11.3 Å². The van der Waals surface area contributed by atoms with E-state index in [1.165, 1.54) is 10.6 Å². The summed E-state index contributed by atoms with van der Waals surface area (Å²) in [6.07, 6.45) is 3.05. The molecule has 2 heterocycles. The summed E-state index contributed by atoms with van der Waals surface area (Å²) in [4.78, 5) is 7.06. The Morgan fingerprint density at radius 3 is 2.86 bits per heavy atom. The lowest BCUT2D eigenvalue weighted by atomic mass is 9.90. The van der Waals surface area contributed by atoms with Gasteiger partial charge in [-0.05, 0) is 18.9 Å². The highest BCUT2D eigenvalue weighted by Gasteiger charge is 2.36. The van der Waals surface area contributed by atoms with E-state index in [9.17, 15) is 0 Å². The largest absolute Gasteiger partial charge is 0.307 e. The minimum Gasteiger partial charge on any atom is -0.307 e. The molecule has 1 aromatic carbocycles. The second-order valence-corrected chi connectivity index (χ2v) is 6.98. The van der Waals surface area contributed by atoms with E-state index in [0.717, 1.165) is 26.1 Å². The maximum atomic E-state index is 4.46. The van der Waals surface area contributed by atoms with Crippen LogP contribution in [0, 0.1) is 0 Å². The zero-order valence-corrected chi connectivity index (χ0v) is 13.6. The molecule has 4 heteroatoms. The Morgan fingerprint density at radius 1 is 1.38 bits per heavy atom. The minimum atomic E-state index is 0.205. The van der Waals surface area contributed by atoms with Crippen molar-refractivity contribution in [1.82, 2.24) is 15.2 Å². The Morgan fingerprint density at radius 2 is 2.19 bits per heavy atom. The summed E-state index contributed by atoms with van der Waals surface area (Å²) in [5.41, 5.74) is 1.58. The van der Waals surface area contributed by atoms with Gasteiger partial charge in [0.05, 0.1) is 6.54 Å². The Kier molecular flexibility index (Phi) is 4.38. The topological polar surface area (TPSA) is 28.2 Å². The number of nitrogens with one attached hydrogen (secondary N) is 1. The number of piperazine rings is 1. The van der Waals surface area contributed by atoms with Gasteiger partial charge < -0.3 is 5.32 Å². The summed E-state index contributed by atoms with van der Waals surface area (Å²) in [7, 11) is 0. The van der Waals surface area contributed by atoms with Crippen LogP contribution in [-0.2, 0) is 6.54 Å². The first kappa shape index (κ1) is 14.7. The molecule has 2 unspecified atom stereocenters. The smallest absolute Gasteiger partial charge is 0.107 e. The van der Waals surface area contributed by atoms with Gasteiger partial charge in [-0.25, -0.2) is 4.98 Å². The number of rotatable bonds is 4. The molecule has 1 saturated heterocycles. The number of nitrogens with zero attached hydrogens (tertiary/aromatic N) is 2. The molecule has 1 fully saturated rings. The van der Waals surface area contributed by atoms with Crippen LogP contribution in [0.3, 0.4) is 0 Å². The molecule has 1 aliphatic heterocycles. The summed E-state index contributed by atoms with van der Waals surface area (Å²) in [5, 5.41) is 7.00. The van der Waals surface area contributed by atoms with Crippen LogP contribution in [0.25, 0.3) is 0 Å². The van der Waals surface area contributed by atoms with Crippen molar-refractivity contribution in [3.63, 3.8) is 0 Å². The predicted molar refractivity (Wildman–Crippen MR) is 88.4 cm³/mol.